The molecule has 0 radical (unpaired) electrons. The lowest BCUT2D eigenvalue weighted by molar-refractivity contribution is 0.112. The summed E-state index contributed by atoms with van der Waals surface area (Å²) in [6, 6.07) is 3.18. The number of hydrogen-bond acceptors (Lipinski definition) is 4. The Morgan fingerprint density at radius 1 is 1.35 bits per heavy atom. The second kappa shape index (κ2) is 4.94. The Hall–Kier alpha value is -1.82. The summed E-state index contributed by atoms with van der Waals surface area (Å²) in [5.74, 6) is 0.132. The normalized spacial score (nSPS) is 23.1. The van der Waals surface area contributed by atoms with Crippen molar-refractivity contribution in [2.24, 2.45) is 0 Å². The van der Waals surface area contributed by atoms with Gasteiger partial charge in [-0.3, -0.25) is 0 Å². The molecule has 1 heterocycles. The topological polar surface area (TPSA) is 73.3 Å². The molecule has 20 heavy (non-hydrogen) atoms. The Labute approximate surface area is 116 Å². The molecule has 1 saturated carbocycles. The van der Waals surface area contributed by atoms with Crippen LogP contribution in [0.15, 0.2) is 12.1 Å². The van der Waals surface area contributed by atoms with Crippen molar-refractivity contribution in [1.82, 2.24) is 9.55 Å². The number of halogens is 1. The van der Waals surface area contributed by atoms with Gasteiger partial charge < -0.3 is 20.1 Å². The van der Waals surface area contributed by atoms with Gasteiger partial charge in [0.1, 0.15) is 0 Å². The Bertz CT molecular complexity index is 633. The maximum absolute atomic E-state index is 13.7. The first kappa shape index (κ1) is 13.2. The number of nitrogen functional groups attached to an aromatic ring is 1. The summed E-state index contributed by atoms with van der Waals surface area (Å²) in [5, 5.41) is 9.60. The van der Waals surface area contributed by atoms with Gasteiger partial charge in [0.2, 0.25) is 5.95 Å². The second-order valence-corrected chi connectivity index (χ2v) is 5.28. The van der Waals surface area contributed by atoms with Crippen LogP contribution >= 0.6 is 0 Å². The molecule has 0 amide bonds. The van der Waals surface area contributed by atoms with E-state index in [1.807, 2.05) is 4.57 Å². The molecular weight excluding hydrogens is 261 g/mol. The van der Waals surface area contributed by atoms with Gasteiger partial charge in [-0.15, -0.1) is 0 Å². The molecule has 0 spiro atoms. The van der Waals surface area contributed by atoms with E-state index >= 15 is 0 Å². The molecule has 0 unspecified atom stereocenters. The molecule has 0 bridgehead atoms. The van der Waals surface area contributed by atoms with E-state index < -0.39 is 5.82 Å². The zero-order valence-corrected chi connectivity index (χ0v) is 11.3. The molecule has 0 aliphatic heterocycles. The quantitative estimate of drug-likeness (QED) is 0.884. The molecule has 1 aromatic carbocycles. The molecule has 1 aromatic heterocycles. The predicted molar refractivity (Wildman–Crippen MR) is 74.2 cm³/mol. The van der Waals surface area contributed by atoms with Crippen LogP contribution < -0.4 is 10.5 Å². The number of nitrogens with zero attached hydrogens (tertiary/aromatic N) is 2. The van der Waals surface area contributed by atoms with Gasteiger partial charge in [-0.1, -0.05) is 0 Å². The van der Waals surface area contributed by atoms with Crippen molar-refractivity contribution in [3.05, 3.63) is 17.9 Å². The maximum atomic E-state index is 13.7. The Morgan fingerprint density at radius 2 is 2.05 bits per heavy atom. The fourth-order valence-electron chi connectivity index (χ4n) is 2.97. The molecule has 0 saturated heterocycles. The molecule has 1 aliphatic carbocycles. The Balaban J connectivity index is 2.07. The second-order valence-electron chi connectivity index (χ2n) is 5.28. The molecule has 108 valence electrons. The fourth-order valence-corrected chi connectivity index (χ4v) is 2.97. The standard InChI is InChI=1S/C14H18FN3O2/c1-20-13-7-12-11(6-10(13)15)17-14(16)18(12)8-2-4-9(19)5-3-8/h6-9,19H,2-5H2,1H3,(H2,16,17). The molecule has 6 heteroatoms. The van der Waals surface area contributed by atoms with Crippen LogP contribution in [0.4, 0.5) is 10.3 Å². The van der Waals surface area contributed by atoms with Crippen molar-refractivity contribution in [1.29, 1.82) is 0 Å². The van der Waals surface area contributed by atoms with Crippen molar-refractivity contribution < 1.29 is 14.2 Å². The summed E-state index contributed by atoms with van der Waals surface area (Å²) in [6.07, 6.45) is 2.96. The number of methoxy groups -OCH3 is 1. The average molecular weight is 279 g/mol. The van der Waals surface area contributed by atoms with Gasteiger partial charge in [-0.2, -0.15) is 0 Å². The molecule has 3 rings (SSSR count). The third-order valence-corrected chi connectivity index (χ3v) is 4.02. The summed E-state index contributed by atoms with van der Waals surface area (Å²) in [6.45, 7) is 0. The first-order valence-electron chi connectivity index (χ1n) is 6.79. The van der Waals surface area contributed by atoms with Crippen molar-refractivity contribution in [3.63, 3.8) is 0 Å². The summed E-state index contributed by atoms with van der Waals surface area (Å²) in [4.78, 5) is 4.23. The summed E-state index contributed by atoms with van der Waals surface area (Å²) in [7, 11) is 1.44. The highest BCUT2D eigenvalue weighted by Gasteiger charge is 2.24. The van der Waals surface area contributed by atoms with Crippen molar-refractivity contribution >= 4 is 17.0 Å². The highest BCUT2D eigenvalue weighted by Crippen LogP contribution is 2.35. The number of aromatic nitrogens is 2. The maximum Gasteiger partial charge on any atom is 0.201 e. The number of fused-ring (bicyclic) bond motifs is 1. The smallest absolute Gasteiger partial charge is 0.201 e. The van der Waals surface area contributed by atoms with E-state index in [-0.39, 0.29) is 17.9 Å². The predicted octanol–water partition coefficient (Wildman–Crippen LogP) is 2.24. The van der Waals surface area contributed by atoms with E-state index in [9.17, 15) is 9.50 Å². The van der Waals surface area contributed by atoms with Gasteiger partial charge in [0.25, 0.3) is 0 Å². The van der Waals surface area contributed by atoms with Gasteiger partial charge in [0.15, 0.2) is 11.6 Å². The molecule has 1 aliphatic rings. The SMILES string of the molecule is COc1cc2c(cc1F)nc(N)n2C1CCC(O)CC1. The van der Waals surface area contributed by atoms with Gasteiger partial charge in [-0.25, -0.2) is 9.37 Å². The lowest BCUT2D eigenvalue weighted by Crippen LogP contribution is -2.22. The van der Waals surface area contributed by atoms with Crippen LogP contribution in [0.1, 0.15) is 31.7 Å². The number of aliphatic hydroxyl groups is 1. The minimum atomic E-state index is -0.441. The lowest BCUT2D eigenvalue weighted by Gasteiger charge is -2.27. The molecule has 3 N–H and O–H groups in total. The first-order valence-corrected chi connectivity index (χ1v) is 6.79. The minimum absolute atomic E-state index is 0.189. The van der Waals surface area contributed by atoms with Crippen molar-refractivity contribution in [2.75, 3.05) is 12.8 Å². The fraction of sp³-hybridized carbons (Fsp3) is 0.500. The molecular formula is C14H18FN3O2. The van der Waals surface area contributed by atoms with E-state index in [4.69, 9.17) is 10.5 Å². The van der Waals surface area contributed by atoms with E-state index in [0.717, 1.165) is 31.2 Å². The number of benzene rings is 1. The highest BCUT2D eigenvalue weighted by molar-refractivity contribution is 5.80. The minimum Gasteiger partial charge on any atom is -0.494 e. The summed E-state index contributed by atoms with van der Waals surface area (Å²) < 4.78 is 20.7. The first-order chi connectivity index (χ1) is 9.60. The van der Waals surface area contributed by atoms with Crippen LogP contribution in [0.5, 0.6) is 5.75 Å². The number of imidazole rings is 1. The van der Waals surface area contributed by atoms with Crippen LogP contribution in [0, 0.1) is 5.82 Å². The average Bonchev–Trinajstić information content (AvgIpc) is 2.74. The molecule has 2 aromatic rings. The van der Waals surface area contributed by atoms with E-state index in [1.165, 1.54) is 13.2 Å². The zero-order chi connectivity index (χ0) is 14.3. The van der Waals surface area contributed by atoms with Crippen LogP contribution in [-0.2, 0) is 0 Å². The van der Waals surface area contributed by atoms with Gasteiger partial charge >= 0.3 is 0 Å². The zero-order valence-electron chi connectivity index (χ0n) is 11.3. The molecule has 1 fully saturated rings. The molecule has 0 atom stereocenters. The van der Waals surface area contributed by atoms with E-state index in [0.29, 0.717) is 11.5 Å². The lowest BCUT2D eigenvalue weighted by atomic mass is 9.93. The highest BCUT2D eigenvalue weighted by atomic mass is 19.1. The number of hydrogen-bond donors (Lipinski definition) is 2. The largest absolute Gasteiger partial charge is 0.494 e. The van der Waals surface area contributed by atoms with Gasteiger partial charge in [0, 0.05) is 18.2 Å². The number of ether oxygens (including phenoxy) is 1. The van der Waals surface area contributed by atoms with Crippen LogP contribution in [0.25, 0.3) is 11.0 Å². The number of nitrogens with two attached hydrogens (primary N) is 1. The summed E-state index contributed by atoms with van der Waals surface area (Å²) in [5.41, 5.74) is 7.30. The Morgan fingerprint density at radius 3 is 2.70 bits per heavy atom. The van der Waals surface area contributed by atoms with Gasteiger partial charge in [0.05, 0.1) is 24.2 Å². The van der Waals surface area contributed by atoms with Crippen LogP contribution in [0.3, 0.4) is 0 Å². The third-order valence-electron chi connectivity index (χ3n) is 4.02. The van der Waals surface area contributed by atoms with Crippen LogP contribution in [-0.4, -0.2) is 27.9 Å². The summed E-state index contributed by atoms with van der Waals surface area (Å²) >= 11 is 0. The number of aliphatic hydroxyl groups excluding tert-OH is 1. The number of rotatable bonds is 2. The monoisotopic (exact) mass is 279 g/mol. The third kappa shape index (κ3) is 2.10. The number of anilines is 1. The van der Waals surface area contributed by atoms with Crippen molar-refractivity contribution in [3.8, 4) is 5.75 Å². The van der Waals surface area contributed by atoms with Gasteiger partial charge in [-0.05, 0) is 25.7 Å². The van der Waals surface area contributed by atoms with Crippen molar-refractivity contribution in [2.45, 2.75) is 37.8 Å². The van der Waals surface area contributed by atoms with E-state index in [1.54, 1.807) is 6.07 Å². The Kier molecular flexibility index (Phi) is 3.25. The molecule has 5 nitrogen and oxygen atoms in total. The van der Waals surface area contributed by atoms with E-state index in [2.05, 4.69) is 4.98 Å². The van der Waals surface area contributed by atoms with Crippen LogP contribution in [0.2, 0.25) is 0 Å².